The van der Waals surface area contributed by atoms with Gasteiger partial charge in [-0.05, 0) is 55.9 Å². The number of hydrogen-bond donors (Lipinski definition) is 1. The van der Waals surface area contributed by atoms with Crippen LogP contribution in [0.15, 0.2) is 42.7 Å². The molecule has 0 radical (unpaired) electrons. The standard InChI is InChI=1S/C26H30F3N3O3/c1-4-18(5-2)24-20(16-32(31-24)22-12-11-21(15-30-22)26(27,28)29)10-7-13-35-25-17(3)8-6-9-19(25)14-23(33)34/h6,8-9,11-12,15-16,18H,4-5,7,10,13-14H2,1-3H3,(H,33,34). The maximum absolute atomic E-state index is 12.9. The molecule has 0 bridgehead atoms. The van der Waals surface area contributed by atoms with Gasteiger partial charge in [-0.3, -0.25) is 4.79 Å². The minimum absolute atomic E-state index is 0.108. The van der Waals surface area contributed by atoms with Crippen LogP contribution < -0.4 is 4.74 Å². The first-order valence-corrected chi connectivity index (χ1v) is 11.7. The van der Waals surface area contributed by atoms with Gasteiger partial charge in [0, 0.05) is 23.9 Å². The van der Waals surface area contributed by atoms with Crippen LogP contribution in [0.3, 0.4) is 0 Å². The molecule has 0 unspecified atom stereocenters. The molecule has 0 amide bonds. The Bertz CT molecular complexity index is 1140. The van der Waals surface area contributed by atoms with E-state index in [2.05, 4.69) is 23.9 Å². The number of hydrogen-bond acceptors (Lipinski definition) is 4. The van der Waals surface area contributed by atoms with E-state index in [0.717, 1.165) is 41.9 Å². The Morgan fingerprint density at radius 3 is 2.49 bits per heavy atom. The van der Waals surface area contributed by atoms with Gasteiger partial charge in [0.2, 0.25) is 0 Å². The summed E-state index contributed by atoms with van der Waals surface area (Å²) in [6.45, 7) is 6.44. The maximum Gasteiger partial charge on any atom is 0.417 e. The highest BCUT2D eigenvalue weighted by Gasteiger charge is 2.30. The van der Waals surface area contributed by atoms with E-state index in [0.29, 0.717) is 36.6 Å². The highest BCUT2D eigenvalue weighted by Crippen LogP contribution is 2.30. The minimum Gasteiger partial charge on any atom is -0.493 e. The van der Waals surface area contributed by atoms with Crippen molar-refractivity contribution in [2.24, 2.45) is 0 Å². The van der Waals surface area contributed by atoms with Gasteiger partial charge in [-0.1, -0.05) is 32.0 Å². The van der Waals surface area contributed by atoms with E-state index >= 15 is 0 Å². The summed E-state index contributed by atoms with van der Waals surface area (Å²) in [6.07, 6.45) is 1.20. The number of para-hydroxylation sites is 1. The predicted molar refractivity (Wildman–Crippen MR) is 126 cm³/mol. The number of ether oxygens (including phenoxy) is 1. The molecule has 0 atom stereocenters. The highest BCUT2D eigenvalue weighted by atomic mass is 19.4. The lowest BCUT2D eigenvalue weighted by molar-refractivity contribution is -0.138. The molecular formula is C26H30F3N3O3. The second-order valence-corrected chi connectivity index (χ2v) is 8.49. The molecule has 6 nitrogen and oxygen atoms in total. The van der Waals surface area contributed by atoms with Crippen molar-refractivity contribution in [2.75, 3.05) is 6.61 Å². The number of carboxylic acids is 1. The third-order valence-corrected chi connectivity index (χ3v) is 5.98. The summed E-state index contributed by atoms with van der Waals surface area (Å²) in [5.74, 6) is 0.227. The van der Waals surface area contributed by atoms with E-state index in [1.54, 1.807) is 6.07 Å². The molecule has 2 heterocycles. The van der Waals surface area contributed by atoms with Gasteiger partial charge in [0.05, 0.1) is 24.3 Å². The number of carboxylic acid groups (broad SMARTS) is 1. The zero-order valence-corrected chi connectivity index (χ0v) is 20.1. The van der Waals surface area contributed by atoms with E-state index < -0.39 is 17.7 Å². The van der Waals surface area contributed by atoms with Crippen LogP contribution in [0, 0.1) is 6.92 Å². The second-order valence-electron chi connectivity index (χ2n) is 8.49. The number of benzene rings is 1. The lowest BCUT2D eigenvalue weighted by Crippen LogP contribution is -2.07. The fourth-order valence-corrected chi connectivity index (χ4v) is 4.10. The van der Waals surface area contributed by atoms with E-state index in [1.807, 2.05) is 25.3 Å². The molecule has 9 heteroatoms. The summed E-state index contributed by atoms with van der Waals surface area (Å²) in [5.41, 5.74) is 2.63. The fourth-order valence-electron chi connectivity index (χ4n) is 4.10. The molecule has 0 aliphatic carbocycles. The molecule has 188 valence electrons. The number of nitrogens with zero attached hydrogens (tertiary/aromatic N) is 3. The number of alkyl halides is 3. The first-order chi connectivity index (χ1) is 16.6. The van der Waals surface area contributed by atoms with Crippen LogP contribution in [-0.4, -0.2) is 32.4 Å². The van der Waals surface area contributed by atoms with Crippen molar-refractivity contribution in [3.8, 4) is 11.6 Å². The molecule has 2 aromatic heterocycles. The molecule has 0 fully saturated rings. The Hall–Kier alpha value is -3.36. The maximum atomic E-state index is 12.9. The Morgan fingerprint density at radius 2 is 1.89 bits per heavy atom. The first-order valence-electron chi connectivity index (χ1n) is 11.7. The van der Waals surface area contributed by atoms with Crippen LogP contribution >= 0.6 is 0 Å². The number of aryl methyl sites for hydroxylation is 2. The van der Waals surface area contributed by atoms with Gasteiger partial charge in [-0.2, -0.15) is 18.3 Å². The van der Waals surface area contributed by atoms with Crippen LogP contribution in [0.1, 0.15) is 67.0 Å². The van der Waals surface area contributed by atoms with Crippen molar-refractivity contribution in [1.29, 1.82) is 0 Å². The number of aromatic nitrogens is 3. The van der Waals surface area contributed by atoms with E-state index in [9.17, 15) is 18.0 Å². The number of halogens is 3. The van der Waals surface area contributed by atoms with Crippen molar-refractivity contribution < 1.29 is 27.8 Å². The summed E-state index contributed by atoms with van der Waals surface area (Å²) >= 11 is 0. The van der Waals surface area contributed by atoms with Gasteiger partial charge < -0.3 is 9.84 Å². The second kappa shape index (κ2) is 11.4. The van der Waals surface area contributed by atoms with Crippen molar-refractivity contribution >= 4 is 5.97 Å². The van der Waals surface area contributed by atoms with Crippen molar-refractivity contribution in [3.63, 3.8) is 0 Å². The molecule has 1 aromatic carbocycles. The first kappa shape index (κ1) is 26.2. The largest absolute Gasteiger partial charge is 0.493 e. The Kier molecular flexibility index (Phi) is 8.53. The van der Waals surface area contributed by atoms with Crippen molar-refractivity contribution in [1.82, 2.24) is 14.8 Å². The number of pyridine rings is 1. The normalized spacial score (nSPS) is 11.7. The van der Waals surface area contributed by atoms with E-state index in [4.69, 9.17) is 9.84 Å². The van der Waals surface area contributed by atoms with Gasteiger partial charge in [-0.15, -0.1) is 0 Å². The lowest BCUT2D eigenvalue weighted by atomic mass is 9.95. The van der Waals surface area contributed by atoms with Gasteiger partial charge in [0.15, 0.2) is 5.82 Å². The number of rotatable bonds is 11. The zero-order valence-electron chi connectivity index (χ0n) is 20.1. The smallest absolute Gasteiger partial charge is 0.417 e. The zero-order chi connectivity index (χ0) is 25.6. The molecule has 0 spiro atoms. The Balaban J connectivity index is 1.76. The quantitative estimate of drug-likeness (QED) is 0.328. The molecule has 3 rings (SSSR count). The average Bonchev–Trinajstić information content (AvgIpc) is 3.22. The molecule has 0 saturated heterocycles. The minimum atomic E-state index is -4.44. The van der Waals surface area contributed by atoms with Crippen LogP contribution in [0.25, 0.3) is 5.82 Å². The monoisotopic (exact) mass is 489 g/mol. The van der Waals surface area contributed by atoms with Gasteiger partial charge in [-0.25, -0.2) is 9.67 Å². The SMILES string of the molecule is CCC(CC)c1nn(-c2ccc(C(F)(F)F)cn2)cc1CCCOc1c(C)cccc1CC(=O)O. The van der Waals surface area contributed by atoms with Gasteiger partial charge in [0.25, 0.3) is 0 Å². The summed E-state index contributed by atoms with van der Waals surface area (Å²) in [5, 5.41) is 13.8. The fraction of sp³-hybridized carbons (Fsp3) is 0.423. The van der Waals surface area contributed by atoms with E-state index in [-0.39, 0.29) is 12.3 Å². The summed E-state index contributed by atoms with van der Waals surface area (Å²) < 4.78 is 46.2. The summed E-state index contributed by atoms with van der Waals surface area (Å²) in [7, 11) is 0. The molecule has 0 aliphatic heterocycles. The third kappa shape index (κ3) is 6.61. The topological polar surface area (TPSA) is 77.2 Å². The highest BCUT2D eigenvalue weighted by molar-refractivity contribution is 5.71. The van der Waals surface area contributed by atoms with Crippen molar-refractivity contribution in [2.45, 2.75) is 65.0 Å². The number of aliphatic carboxylic acids is 1. The number of carbonyl (C=O) groups is 1. The Morgan fingerprint density at radius 1 is 1.14 bits per heavy atom. The Labute approximate surface area is 202 Å². The molecular weight excluding hydrogens is 459 g/mol. The molecule has 35 heavy (non-hydrogen) atoms. The van der Waals surface area contributed by atoms with Crippen LogP contribution in [0.5, 0.6) is 5.75 Å². The van der Waals surface area contributed by atoms with Crippen LogP contribution in [0.4, 0.5) is 13.2 Å². The van der Waals surface area contributed by atoms with Gasteiger partial charge in [0.1, 0.15) is 5.75 Å². The molecule has 0 aliphatic rings. The van der Waals surface area contributed by atoms with Crippen LogP contribution in [-0.2, 0) is 23.8 Å². The lowest BCUT2D eigenvalue weighted by Gasteiger charge is -2.14. The predicted octanol–water partition coefficient (Wildman–Crippen LogP) is 6.14. The van der Waals surface area contributed by atoms with E-state index in [1.165, 1.54) is 10.7 Å². The van der Waals surface area contributed by atoms with Crippen molar-refractivity contribution in [3.05, 3.63) is 70.7 Å². The summed E-state index contributed by atoms with van der Waals surface area (Å²) in [4.78, 5) is 15.1. The summed E-state index contributed by atoms with van der Waals surface area (Å²) in [6, 6.07) is 7.77. The average molecular weight is 490 g/mol. The van der Waals surface area contributed by atoms with Crippen LogP contribution in [0.2, 0.25) is 0 Å². The van der Waals surface area contributed by atoms with Gasteiger partial charge >= 0.3 is 12.1 Å². The molecule has 1 N–H and O–H groups in total. The molecule has 3 aromatic rings. The third-order valence-electron chi connectivity index (χ3n) is 5.98. The molecule has 0 saturated carbocycles.